The molecule has 1 aromatic heterocycles. The van der Waals surface area contributed by atoms with Gasteiger partial charge in [0.25, 0.3) is 0 Å². The van der Waals surface area contributed by atoms with Crippen LogP contribution in [0, 0.1) is 6.92 Å². The maximum Gasteiger partial charge on any atom is 0.416 e. The first-order valence-corrected chi connectivity index (χ1v) is 8.29. The van der Waals surface area contributed by atoms with Crippen LogP contribution < -0.4 is 0 Å². The number of imidazole rings is 1. The van der Waals surface area contributed by atoms with Gasteiger partial charge in [0, 0.05) is 11.3 Å². The number of benzene rings is 2. The average molecular weight is 373 g/mol. The van der Waals surface area contributed by atoms with Gasteiger partial charge in [-0.1, -0.05) is 47.6 Å². The average Bonchev–Trinajstić information content (AvgIpc) is 3.04. The first-order valence-electron chi connectivity index (χ1n) is 8.29. The van der Waals surface area contributed by atoms with Crippen LogP contribution in [0.4, 0.5) is 13.2 Å². The van der Waals surface area contributed by atoms with E-state index in [0.717, 1.165) is 29.2 Å². The first kappa shape index (κ1) is 18.7. The molecular formula is C20H18F3N3O. The number of nitrogens with zero attached hydrogens (tertiary/aromatic N) is 2. The molecule has 1 heterocycles. The molecule has 0 saturated carbocycles. The third-order valence-electron chi connectivity index (χ3n) is 3.99. The normalized spacial score (nSPS) is 12.3. The molecule has 0 bridgehead atoms. The number of halogens is 3. The van der Waals surface area contributed by atoms with Crippen molar-refractivity contribution in [3.63, 3.8) is 0 Å². The summed E-state index contributed by atoms with van der Waals surface area (Å²) in [5.41, 5.74) is 2.99. The lowest BCUT2D eigenvalue weighted by Gasteiger charge is -2.07. The highest BCUT2D eigenvalue weighted by Crippen LogP contribution is 2.29. The minimum Gasteiger partial charge on any atom is -0.391 e. The minimum atomic E-state index is -4.35. The highest BCUT2D eigenvalue weighted by Gasteiger charge is 2.29. The van der Waals surface area contributed by atoms with Gasteiger partial charge in [-0.05, 0) is 31.5 Å². The summed E-state index contributed by atoms with van der Waals surface area (Å²) >= 11 is 0. The molecule has 2 aromatic carbocycles. The minimum absolute atomic E-state index is 0.0739. The lowest BCUT2D eigenvalue weighted by Crippen LogP contribution is -2.04. The molecule has 0 fully saturated rings. The van der Waals surface area contributed by atoms with Crippen LogP contribution in [0.25, 0.3) is 11.4 Å². The highest BCUT2D eigenvalue weighted by molar-refractivity contribution is 5.98. The van der Waals surface area contributed by atoms with Crippen LogP contribution >= 0.6 is 0 Å². The van der Waals surface area contributed by atoms with Crippen LogP contribution in [0.3, 0.4) is 0 Å². The molecule has 0 amide bonds. The van der Waals surface area contributed by atoms with E-state index in [1.807, 2.05) is 37.3 Å². The molecule has 3 rings (SSSR count). The Kier molecular flexibility index (Phi) is 5.30. The van der Waals surface area contributed by atoms with Gasteiger partial charge < -0.3 is 9.82 Å². The van der Waals surface area contributed by atoms with E-state index in [1.165, 1.54) is 12.1 Å². The number of aromatic amines is 1. The van der Waals surface area contributed by atoms with Crippen molar-refractivity contribution in [3.05, 3.63) is 77.1 Å². The summed E-state index contributed by atoms with van der Waals surface area (Å²) in [6.45, 7) is 3.73. The summed E-state index contributed by atoms with van der Waals surface area (Å²) in [5.74, 6) is 0.736. The van der Waals surface area contributed by atoms with Crippen molar-refractivity contribution >= 4 is 5.71 Å². The summed E-state index contributed by atoms with van der Waals surface area (Å²) < 4.78 is 37.7. The number of aromatic nitrogens is 2. The van der Waals surface area contributed by atoms with Gasteiger partial charge in [0.2, 0.25) is 0 Å². The van der Waals surface area contributed by atoms with E-state index >= 15 is 0 Å². The Morgan fingerprint density at radius 2 is 1.74 bits per heavy atom. The number of hydrogen-bond acceptors (Lipinski definition) is 3. The summed E-state index contributed by atoms with van der Waals surface area (Å²) in [5, 5.41) is 4.04. The van der Waals surface area contributed by atoms with Crippen molar-refractivity contribution in [3.8, 4) is 11.4 Å². The quantitative estimate of drug-likeness (QED) is 0.484. The summed E-state index contributed by atoms with van der Waals surface area (Å²) in [6.07, 6.45) is -4.35. The topological polar surface area (TPSA) is 50.3 Å². The Morgan fingerprint density at radius 1 is 1.07 bits per heavy atom. The van der Waals surface area contributed by atoms with Crippen molar-refractivity contribution in [2.24, 2.45) is 5.16 Å². The van der Waals surface area contributed by atoms with Crippen molar-refractivity contribution < 1.29 is 18.0 Å². The molecule has 27 heavy (non-hydrogen) atoms. The SMILES string of the molecule is C/C(=N\OCc1ccc(C(F)(F)F)cc1)c1nc(-c2ccccc2)[nH]c1C. The molecule has 0 saturated heterocycles. The van der Waals surface area contributed by atoms with Crippen LogP contribution in [0.15, 0.2) is 59.8 Å². The van der Waals surface area contributed by atoms with Gasteiger partial charge in [-0.15, -0.1) is 0 Å². The molecule has 0 aliphatic rings. The number of aryl methyl sites for hydroxylation is 1. The third-order valence-corrected chi connectivity index (χ3v) is 3.99. The van der Waals surface area contributed by atoms with Gasteiger partial charge in [0.1, 0.15) is 23.8 Å². The van der Waals surface area contributed by atoms with E-state index in [9.17, 15) is 13.2 Å². The van der Waals surface area contributed by atoms with Gasteiger partial charge >= 0.3 is 6.18 Å². The molecule has 0 spiro atoms. The molecule has 0 unspecified atom stereocenters. The molecule has 0 aliphatic carbocycles. The number of oxime groups is 1. The Balaban J connectivity index is 1.67. The zero-order chi connectivity index (χ0) is 19.4. The van der Waals surface area contributed by atoms with Crippen molar-refractivity contribution in [1.29, 1.82) is 0 Å². The van der Waals surface area contributed by atoms with Crippen molar-refractivity contribution in [2.45, 2.75) is 26.6 Å². The Bertz CT molecular complexity index is 929. The van der Waals surface area contributed by atoms with Crippen molar-refractivity contribution in [2.75, 3.05) is 0 Å². The molecule has 7 heteroatoms. The van der Waals surface area contributed by atoms with Crippen LogP contribution in [-0.4, -0.2) is 15.7 Å². The maximum absolute atomic E-state index is 12.6. The molecule has 1 N–H and O–H groups in total. The Morgan fingerprint density at radius 3 is 2.37 bits per heavy atom. The summed E-state index contributed by atoms with van der Waals surface area (Å²) in [4.78, 5) is 13.1. The molecule has 4 nitrogen and oxygen atoms in total. The van der Waals surface area contributed by atoms with Crippen LogP contribution in [0.1, 0.15) is 29.4 Å². The standard InChI is InChI=1S/C20H18F3N3O/c1-13-18(25-19(24-13)16-6-4-3-5-7-16)14(2)26-27-12-15-8-10-17(11-9-15)20(21,22)23/h3-11H,12H2,1-2H3,(H,24,25)/b26-14+. The summed E-state index contributed by atoms with van der Waals surface area (Å²) in [6, 6.07) is 14.5. The van der Waals surface area contributed by atoms with Gasteiger partial charge in [-0.3, -0.25) is 0 Å². The molecule has 0 radical (unpaired) electrons. The number of alkyl halides is 3. The number of rotatable bonds is 5. The molecule has 0 aliphatic heterocycles. The van der Waals surface area contributed by atoms with Crippen LogP contribution in [0.5, 0.6) is 0 Å². The molecular weight excluding hydrogens is 355 g/mol. The van der Waals surface area contributed by atoms with E-state index in [-0.39, 0.29) is 6.61 Å². The Labute approximate surface area is 154 Å². The van der Waals surface area contributed by atoms with E-state index in [4.69, 9.17) is 4.84 Å². The fourth-order valence-electron chi connectivity index (χ4n) is 2.58. The van der Waals surface area contributed by atoms with Crippen molar-refractivity contribution in [1.82, 2.24) is 9.97 Å². The first-order chi connectivity index (χ1) is 12.8. The lowest BCUT2D eigenvalue weighted by molar-refractivity contribution is -0.137. The van der Waals surface area contributed by atoms with Gasteiger partial charge in [-0.25, -0.2) is 4.98 Å². The van der Waals surface area contributed by atoms with Gasteiger partial charge in [0.15, 0.2) is 0 Å². The van der Waals surface area contributed by atoms with Gasteiger partial charge in [0.05, 0.1) is 5.56 Å². The second-order valence-corrected chi connectivity index (χ2v) is 6.07. The van der Waals surface area contributed by atoms with Crippen LogP contribution in [0.2, 0.25) is 0 Å². The van der Waals surface area contributed by atoms with E-state index < -0.39 is 11.7 Å². The predicted molar refractivity (Wildman–Crippen MR) is 97.2 cm³/mol. The molecule has 3 aromatic rings. The summed E-state index contributed by atoms with van der Waals surface area (Å²) in [7, 11) is 0. The van der Waals surface area contributed by atoms with Gasteiger partial charge in [-0.2, -0.15) is 13.2 Å². The zero-order valence-electron chi connectivity index (χ0n) is 14.8. The number of hydrogen-bond donors (Lipinski definition) is 1. The van der Waals surface area contributed by atoms with Crippen LogP contribution in [-0.2, 0) is 17.6 Å². The maximum atomic E-state index is 12.6. The molecule has 0 atom stereocenters. The monoisotopic (exact) mass is 373 g/mol. The smallest absolute Gasteiger partial charge is 0.391 e. The predicted octanol–water partition coefficient (Wildman–Crippen LogP) is 5.34. The molecule has 140 valence electrons. The van der Waals surface area contributed by atoms with E-state index in [0.29, 0.717) is 17.0 Å². The number of nitrogens with one attached hydrogen (secondary N) is 1. The number of H-pyrrole nitrogens is 1. The lowest BCUT2D eigenvalue weighted by atomic mass is 10.1. The fraction of sp³-hybridized carbons (Fsp3) is 0.200. The second kappa shape index (κ2) is 7.65. The largest absolute Gasteiger partial charge is 0.416 e. The zero-order valence-corrected chi connectivity index (χ0v) is 14.8. The van der Waals surface area contributed by atoms with E-state index in [2.05, 4.69) is 15.1 Å². The van der Waals surface area contributed by atoms with E-state index in [1.54, 1.807) is 6.92 Å². The second-order valence-electron chi connectivity index (χ2n) is 6.07. The Hall–Kier alpha value is -3.09. The fourth-order valence-corrected chi connectivity index (χ4v) is 2.58. The highest BCUT2D eigenvalue weighted by atomic mass is 19.4. The third kappa shape index (κ3) is 4.55.